The van der Waals surface area contributed by atoms with E-state index >= 15 is 0 Å². The Morgan fingerprint density at radius 2 is 1.92 bits per heavy atom. The maximum atomic E-state index is 13.4. The molecular formula is C29H31N3O4S. The Balaban J connectivity index is 1.63. The second-order valence-corrected chi connectivity index (χ2v) is 10.5. The van der Waals surface area contributed by atoms with Crippen LogP contribution in [-0.4, -0.2) is 27.0 Å². The summed E-state index contributed by atoms with van der Waals surface area (Å²) < 4.78 is 6.92. The van der Waals surface area contributed by atoms with Crippen molar-refractivity contribution in [3.05, 3.63) is 93.2 Å². The Labute approximate surface area is 220 Å². The molecule has 4 aromatic rings. The number of nitrogens with zero attached hydrogens (tertiary/aromatic N) is 2. The first-order valence-corrected chi connectivity index (χ1v) is 13.3. The zero-order valence-corrected chi connectivity index (χ0v) is 22.4. The van der Waals surface area contributed by atoms with E-state index < -0.39 is 0 Å². The number of Topliss-reactive ketones (excluding diaryl/α,β-unsaturated/α-hetero) is 1. The molecule has 0 aliphatic heterocycles. The molecule has 2 aromatic heterocycles. The molecule has 0 unspecified atom stereocenters. The molecule has 0 saturated carbocycles. The number of hydrogen-bond acceptors (Lipinski definition) is 6. The van der Waals surface area contributed by atoms with Crippen LogP contribution in [0.25, 0.3) is 10.9 Å². The van der Waals surface area contributed by atoms with E-state index in [1.807, 2.05) is 32.0 Å². The second-order valence-electron chi connectivity index (χ2n) is 9.56. The predicted octanol–water partition coefficient (Wildman–Crippen LogP) is 5.56. The Kier molecular flexibility index (Phi) is 8.28. The number of amides is 1. The number of aromatic nitrogens is 2. The second kappa shape index (κ2) is 11.6. The number of hydrogen-bond donors (Lipinski definition) is 1. The van der Waals surface area contributed by atoms with Crippen molar-refractivity contribution in [1.82, 2.24) is 14.9 Å². The third-order valence-electron chi connectivity index (χ3n) is 6.13. The molecule has 0 aliphatic rings. The molecule has 1 amide bonds. The number of fused-ring (bicyclic) bond motifs is 1. The number of carbonyl (C=O) groups excluding carboxylic acids is 2. The third-order valence-corrected chi connectivity index (χ3v) is 7.11. The van der Waals surface area contributed by atoms with E-state index in [0.717, 1.165) is 17.5 Å². The number of furan rings is 1. The van der Waals surface area contributed by atoms with Gasteiger partial charge >= 0.3 is 0 Å². The molecule has 0 aliphatic carbocycles. The topological polar surface area (TPSA) is 94.2 Å². The summed E-state index contributed by atoms with van der Waals surface area (Å²) in [6.45, 7) is 8.89. The molecule has 0 spiro atoms. The quantitative estimate of drug-likeness (QED) is 0.168. The Morgan fingerprint density at radius 1 is 1.11 bits per heavy atom. The van der Waals surface area contributed by atoms with E-state index in [2.05, 4.69) is 19.2 Å². The van der Waals surface area contributed by atoms with Gasteiger partial charge in [-0.3, -0.25) is 19.0 Å². The molecule has 0 radical (unpaired) electrons. The van der Waals surface area contributed by atoms with Crippen molar-refractivity contribution < 1.29 is 14.0 Å². The fourth-order valence-corrected chi connectivity index (χ4v) is 4.96. The minimum Gasteiger partial charge on any atom is -0.467 e. The molecule has 192 valence electrons. The predicted molar refractivity (Wildman–Crippen MR) is 146 cm³/mol. The summed E-state index contributed by atoms with van der Waals surface area (Å²) in [5, 5.41) is 3.73. The fourth-order valence-electron chi connectivity index (χ4n) is 4.05. The molecule has 2 heterocycles. The number of aryl methyl sites for hydroxylation is 2. The van der Waals surface area contributed by atoms with Crippen LogP contribution in [0.3, 0.4) is 0 Å². The lowest BCUT2D eigenvalue weighted by molar-refractivity contribution is 0.0947. The molecule has 2 aromatic carbocycles. The van der Waals surface area contributed by atoms with Gasteiger partial charge in [0.25, 0.3) is 11.5 Å². The van der Waals surface area contributed by atoms with Crippen molar-refractivity contribution in [1.29, 1.82) is 0 Å². The van der Waals surface area contributed by atoms with Crippen molar-refractivity contribution in [2.45, 2.75) is 52.4 Å². The first-order valence-electron chi connectivity index (χ1n) is 12.3. The van der Waals surface area contributed by atoms with Gasteiger partial charge in [0, 0.05) is 17.7 Å². The summed E-state index contributed by atoms with van der Waals surface area (Å²) in [5.74, 6) is 0.902. The number of carbonyl (C=O) groups is 2. The van der Waals surface area contributed by atoms with Crippen molar-refractivity contribution in [2.75, 3.05) is 5.75 Å². The number of ketones is 1. The lowest BCUT2D eigenvalue weighted by Gasteiger charge is -2.15. The van der Waals surface area contributed by atoms with Gasteiger partial charge in [-0.15, -0.1) is 0 Å². The molecule has 0 fully saturated rings. The maximum absolute atomic E-state index is 13.4. The number of thioether (sulfide) groups is 1. The number of nitrogens with one attached hydrogen (secondary N) is 1. The van der Waals surface area contributed by atoms with Crippen LogP contribution in [0.2, 0.25) is 0 Å². The average Bonchev–Trinajstić information content (AvgIpc) is 3.38. The molecule has 4 rings (SSSR count). The number of rotatable bonds is 10. The molecule has 0 saturated heterocycles. The van der Waals surface area contributed by atoms with E-state index in [1.54, 1.807) is 41.2 Å². The third kappa shape index (κ3) is 6.38. The van der Waals surface area contributed by atoms with Crippen LogP contribution in [-0.2, 0) is 13.1 Å². The Morgan fingerprint density at radius 3 is 2.62 bits per heavy atom. The minimum absolute atomic E-state index is 0.0155. The zero-order valence-electron chi connectivity index (χ0n) is 21.5. The molecular weight excluding hydrogens is 486 g/mol. The average molecular weight is 518 g/mol. The molecule has 37 heavy (non-hydrogen) atoms. The van der Waals surface area contributed by atoms with Gasteiger partial charge in [-0.05, 0) is 62.1 Å². The highest BCUT2D eigenvalue weighted by molar-refractivity contribution is 7.99. The monoisotopic (exact) mass is 517 g/mol. The summed E-state index contributed by atoms with van der Waals surface area (Å²) in [7, 11) is 0. The van der Waals surface area contributed by atoms with Crippen LogP contribution >= 0.6 is 11.8 Å². The largest absolute Gasteiger partial charge is 0.467 e. The fraction of sp³-hybridized carbons (Fsp3) is 0.310. The van der Waals surface area contributed by atoms with Crippen molar-refractivity contribution in [3.63, 3.8) is 0 Å². The molecule has 1 N–H and O–H groups in total. The van der Waals surface area contributed by atoms with Crippen LogP contribution in [0, 0.1) is 19.8 Å². The van der Waals surface area contributed by atoms with Crippen LogP contribution in [0.5, 0.6) is 0 Å². The van der Waals surface area contributed by atoms with Gasteiger partial charge in [-0.1, -0.05) is 49.4 Å². The highest BCUT2D eigenvalue weighted by Gasteiger charge is 2.17. The summed E-state index contributed by atoms with van der Waals surface area (Å²) in [6.07, 6.45) is 2.36. The van der Waals surface area contributed by atoms with E-state index in [-0.39, 0.29) is 29.5 Å². The summed E-state index contributed by atoms with van der Waals surface area (Å²) in [6, 6.07) is 14.2. The standard InChI is InChI=1S/C29H31N3O4S/c1-18(2)11-12-32-28(35)24-10-8-21(27(34)30-16-22-6-5-13-36-22)15-25(24)31-29(32)37-17-26(33)23-9-7-19(3)14-20(23)4/h5-10,13-15,18H,11-12,16-17H2,1-4H3,(H,30,34). The summed E-state index contributed by atoms with van der Waals surface area (Å²) in [5.41, 5.74) is 3.36. The molecule has 0 bridgehead atoms. The smallest absolute Gasteiger partial charge is 0.262 e. The minimum atomic E-state index is -0.289. The zero-order chi connectivity index (χ0) is 26.5. The van der Waals surface area contributed by atoms with Crippen LogP contribution in [0.1, 0.15) is 57.9 Å². The first-order chi connectivity index (χ1) is 17.7. The Hall–Kier alpha value is -3.65. The van der Waals surface area contributed by atoms with Gasteiger partial charge in [-0.2, -0.15) is 0 Å². The lowest BCUT2D eigenvalue weighted by atomic mass is 10.0. The maximum Gasteiger partial charge on any atom is 0.262 e. The van der Waals surface area contributed by atoms with E-state index in [1.165, 1.54) is 11.8 Å². The van der Waals surface area contributed by atoms with Gasteiger partial charge in [0.15, 0.2) is 10.9 Å². The van der Waals surface area contributed by atoms with Gasteiger partial charge in [0.2, 0.25) is 0 Å². The first kappa shape index (κ1) is 26.4. The summed E-state index contributed by atoms with van der Waals surface area (Å²) in [4.78, 5) is 43.9. The number of benzene rings is 2. The van der Waals surface area contributed by atoms with E-state index in [4.69, 9.17) is 9.40 Å². The van der Waals surface area contributed by atoms with Crippen LogP contribution in [0.4, 0.5) is 0 Å². The molecule has 8 heteroatoms. The van der Waals surface area contributed by atoms with Crippen molar-refractivity contribution >= 4 is 34.4 Å². The van der Waals surface area contributed by atoms with E-state index in [9.17, 15) is 14.4 Å². The van der Waals surface area contributed by atoms with Gasteiger partial charge in [0.05, 0.1) is 29.5 Å². The van der Waals surface area contributed by atoms with Gasteiger partial charge < -0.3 is 9.73 Å². The van der Waals surface area contributed by atoms with Crippen LogP contribution < -0.4 is 10.9 Å². The van der Waals surface area contributed by atoms with Gasteiger partial charge in [-0.25, -0.2) is 4.98 Å². The Bertz CT molecular complexity index is 1490. The SMILES string of the molecule is Cc1ccc(C(=O)CSc2nc3cc(C(=O)NCc4ccco4)ccc3c(=O)n2CCC(C)C)c(C)c1. The van der Waals surface area contributed by atoms with Gasteiger partial charge in [0.1, 0.15) is 5.76 Å². The summed E-state index contributed by atoms with van der Waals surface area (Å²) >= 11 is 1.26. The molecule has 7 nitrogen and oxygen atoms in total. The highest BCUT2D eigenvalue weighted by atomic mass is 32.2. The van der Waals surface area contributed by atoms with Crippen molar-refractivity contribution in [2.24, 2.45) is 5.92 Å². The van der Waals surface area contributed by atoms with Crippen molar-refractivity contribution in [3.8, 4) is 0 Å². The van der Waals surface area contributed by atoms with Crippen LogP contribution in [0.15, 0.2) is 69.2 Å². The lowest BCUT2D eigenvalue weighted by Crippen LogP contribution is -2.25. The van der Waals surface area contributed by atoms with E-state index in [0.29, 0.717) is 45.4 Å². The highest BCUT2D eigenvalue weighted by Crippen LogP contribution is 2.22. The molecule has 0 atom stereocenters. The normalized spacial score (nSPS) is 11.3.